The Morgan fingerprint density at radius 2 is 1.88 bits per heavy atom. The molecule has 0 atom stereocenters. The lowest BCUT2D eigenvalue weighted by molar-refractivity contribution is -0.122. The van der Waals surface area contributed by atoms with E-state index in [0.29, 0.717) is 24.4 Å². The molecule has 1 amide bonds. The molecule has 1 aliphatic heterocycles. The van der Waals surface area contributed by atoms with Crippen LogP contribution in [0.4, 0.5) is 0 Å². The minimum absolute atomic E-state index is 0.174. The van der Waals surface area contributed by atoms with Crippen molar-refractivity contribution in [1.29, 1.82) is 0 Å². The molecule has 0 bridgehead atoms. The second-order valence-corrected chi connectivity index (χ2v) is 8.11. The average molecular weight is 344 g/mol. The number of likely N-dealkylation sites (tertiary alicyclic amines) is 1. The normalized spacial score (nSPS) is 23.5. The fraction of sp³-hybridized carbons (Fsp3) is 0.667. The molecule has 0 aromatic heterocycles. The smallest absolute Gasteiger partial charge is 0.220 e. The Morgan fingerprint density at radius 3 is 2.52 bits per heavy atom. The fourth-order valence-corrected chi connectivity index (χ4v) is 3.70. The predicted molar refractivity (Wildman–Crippen MR) is 101 cm³/mol. The standard InChI is InChI=1S/C21H32N2O2/c1-16(2)11-21(24)22-14-18-12-20(13-18)25-19-7-5-17(6-8-19)15-23-9-3-4-10-23/h5-8,16,18,20H,3-4,9-15H2,1-2H3,(H,22,24). The van der Waals surface area contributed by atoms with E-state index in [1.165, 1.54) is 31.5 Å². The summed E-state index contributed by atoms with van der Waals surface area (Å²) in [5, 5.41) is 3.04. The second kappa shape index (κ2) is 8.70. The Kier molecular flexibility index (Phi) is 6.35. The molecule has 0 unspecified atom stereocenters. The highest BCUT2D eigenvalue weighted by Gasteiger charge is 2.31. The van der Waals surface area contributed by atoms with E-state index < -0.39 is 0 Å². The highest BCUT2D eigenvalue weighted by molar-refractivity contribution is 5.76. The van der Waals surface area contributed by atoms with Crippen molar-refractivity contribution < 1.29 is 9.53 Å². The van der Waals surface area contributed by atoms with Gasteiger partial charge in [-0.1, -0.05) is 26.0 Å². The van der Waals surface area contributed by atoms with Crippen LogP contribution in [-0.4, -0.2) is 36.5 Å². The molecule has 1 N–H and O–H groups in total. The number of hydrogen-bond acceptors (Lipinski definition) is 3. The van der Waals surface area contributed by atoms with Gasteiger partial charge in [0.15, 0.2) is 0 Å². The topological polar surface area (TPSA) is 41.6 Å². The van der Waals surface area contributed by atoms with Gasteiger partial charge >= 0.3 is 0 Å². The molecular weight excluding hydrogens is 312 g/mol. The Labute approximate surface area is 151 Å². The number of rotatable bonds is 8. The molecule has 1 heterocycles. The maximum absolute atomic E-state index is 11.7. The molecular formula is C21H32N2O2. The first-order valence-corrected chi connectivity index (χ1v) is 9.83. The quantitative estimate of drug-likeness (QED) is 0.783. The molecule has 1 saturated carbocycles. The third-order valence-corrected chi connectivity index (χ3v) is 5.20. The minimum Gasteiger partial charge on any atom is -0.490 e. The first-order chi connectivity index (χ1) is 12.1. The summed E-state index contributed by atoms with van der Waals surface area (Å²) in [6.07, 6.45) is 5.67. The summed E-state index contributed by atoms with van der Waals surface area (Å²) < 4.78 is 6.05. The molecule has 1 aromatic carbocycles. The van der Waals surface area contributed by atoms with Crippen LogP contribution in [0.3, 0.4) is 0 Å². The van der Waals surface area contributed by atoms with Crippen molar-refractivity contribution in [3.05, 3.63) is 29.8 Å². The highest BCUT2D eigenvalue weighted by Crippen LogP contribution is 2.31. The number of carbonyl (C=O) groups is 1. The molecule has 2 fully saturated rings. The van der Waals surface area contributed by atoms with Crippen LogP contribution >= 0.6 is 0 Å². The molecule has 1 aromatic rings. The molecule has 0 radical (unpaired) electrons. The number of nitrogens with zero attached hydrogens (tertiary/aromatic N) is 1. The van der Waals surface area contributed by atoms with Gasteiger partial charge in [-0.2, -0.15) is 0 Å². The third-order valence-electron chi connectivity index (χ3n) is 5.20. The van der Waals surface area contributed by atoms with E-state index in [1.54, 1.807) is 0 Å². The summed E-state index contributed by atoms with van der Waals surface area (Å²) in [6.45, 7) is 8.46. The van der Waals surface area contributed by atoms with E-state index in [9.17, 15) is 4.79 Å². The molecule has 25 heavy (non-hydrogen) atoms. The first kappa shape index (κ1) is 18.2. The van der Waals surface area contributed by atoms with Crippen molar-refractivity contribution in [2.24, 2.45) is 11.8 Å². The predicted octanol–water partition coefficient (Wildman–Crippen LogP) is 3.60. The van der Waals surface area contributed by atoms with Gasteiger partial charge in [0.05, 0.1) is 6.10 Å². The summed E-state index contributed by atoms with van der Waals surface area (Å²) in [5.74, 6) is 2.13. The Bertz CT molecular complexity index is 544. The van der Waals surface area contributed by atoms with Crippen LogP contribution in [-0.2, 0) is 11.3 Å². The summed E-state index contributed by atoms with van der Waals surface area (Å²) in [4.78, 5) is 14.2. The lowest BCUT2D eigenvalue weighted by atomic mass is 9.82. The lowest BCUT2D eigenvalue weighted by Crippen LogP contribution is -2.41. The van der Waals surface area contributed by atoms with E-state index in [2.05, 4.69) is 48.3 Å². The van der Waals surface area contributed by atoms with Gasteiger partial charge in [-0.05, 0) is 68.3 Å². The van der Waals surface area contributed by atoms with Crippen LogP contribution in [0.2, 0.25) is 0 Å². The Morgan fingerprint density at radius 1 is 1.20 bits per heavy atom. The molecule has 138 valence electrons. The van der Waals surface area contributed by atoms with Crippen molar-refractivity contribution in [3.8, 4) is 5.75 Å². The van der Waals surface area contributed by atoms with Crippen LogP contribution in [0.5, 0.6) is 5.75 Å². The zero-order valence-corrected chi connectivity index (χ0v) is 15.7. The van der Waals surface area contributed by atoms with E-state index in [-0.39, 0.29) is 5.91 Å². The van der Waals surface area contributed by atoms with E-state index in [1.807, 2.05) is 0 Å². The SMILES string of the molecule is CC(C)CC(=O)NCC1CC(Oc2ccc(CN3CCCC3)cc2)C1. The molecule has 4 heteroatoms. The summed E-state index contributed by atoms with van der Waals surface area (Å²) >= 11 is 0. The largest absolute Gasteiger partial charge is 0.490 e. The van der Waals surface area contributed by atoms with Crippen LogP contribution < -0.4 is 10.1 Å². The highest BCUT2D eigenvalue weighted by atomic mass is 16.5. The van der Waals surface area contributed by atoms with Gasteiger partial charge in [-0.15, -0.1) is 0 Å². The first-order valence-electron chi connectivity index (χ1n) is 9.83. The maximum atomic E-state index is 11.7. The fourth-order valence-electron chi connectivity index (χ4n) is 3.70. The number of hydrogen-bond donors (Lipinski definition) is 1. The Balaban J connectivity index is 1.33. The van der Waals surface area contributed by atoms with Crippen LogP contribution in [0, 0.1) is 11.8 Å². The monoisotopic (exact) mass is 344 g/mol. The summed E-state index contributed by atoms with van der Waals surface area (Å²) in [5.41, 5.74) is 1.37. The van der Waals surface area contributed by atoms with Crippen molar-refractivity contribution in [2.75, 3.05) is 19.6 Å². The number of ether oxygens (including phenoxy) is 1. The van der Waals surface area contributed by atoms with Gasteiger partial charge in [0.2, 0.25) is 5.91 Å². The number of benzene rings is 1. The van der Waals surface area contributed by atoms with Gasteiger partial charge in [-0.25, -0.2) is 0 Å². The van der Waals surface area contributed by atoms with Crippen LogP contribution in [0.15, 0.2) is 24.3 Å². The molecule has 1 aliphatic carbocycles. The lowest BCUT2D eigenvalue weighted by Gasteiger charge is -2.35. The van der Waals surface area contributed by atoms with E-state index >= 15 is 0 Å². The second-order valence-electron chi connectivity index (χ2n) is 8.11. The number of nitrogens with one attached hydrogen (secondary N) is 1. The van der Waals surface area contributed by atoms with E-state index in [0.717, 1.165) is 31.7 Å². The van der Waals surface area contributed by atoms with Gasteiger partial charge in [-0.3, -0.25) is 9.69 Å². The average Bonchev–Trinajstić information content (AvgIpc) is 3.03. The van der Waals surface area contributed by atoms with Crippen molar-refractivity contribution in [2.45, 2.75) is 58.6 Å². The van der Waals surface area contributed by atoms with Gasteiger partial charge in [0.1, 0.15) is 5.75 Å². The summed E-state index contributed by atoms with van der Waals surface area (Å²) in [7, 11) is 0. The van der Waals surface area contributed by atoms with Crippen LogP contribution in [0.1, 0.15) is 51.5 Å². The Hall–Kier alpha value is -1.55. The molecule has 2 aliphatic rings. The molecule has 4 nitrogen and oxygen atoms in total. The zero-order chi connectivity index (χ0) is 17.6. The van der Waals surface area contributed by atoms with Gasteiger partial charge in [0.25, 0.3) is 0 Å². The van der Waals surface area contributed by atoms with Crippen molar-refractivity contribution >= 4 is 5.91 Å². The third kappa shape index (κ3) is 5.74. The zero-order valence-electron chi connectivity index (χ0n) is 15.7. The van der Waals surface area contributed by atoms with Gasteiger partial charge in [0, 0.05) is 19.5 Å². The van der Waals surface area contributed by atoms with Crippen LogP contribution in [0.25, 0.3) is 0 Å². The molecule has 1 saturated heterocycles. The van der Waals surface area contributed by atoms with Gasteiger partial charge < -0.3 is 10.1 Å². The number of carbonyl (C=O) groups excluding carboxylic acids is 1. The van der Waals surface area contributed by atoms with E-state index in [4.69, 9.17) is 4.74 Å². The van der Waals surface area contributed by atoms with Crippen molar-refractivity contribution in [1.82, 2.24) is 10.2 Å². The maximum Gasteiger partial charge on any atom is 0.220 e. The van der Waals surface area contributed by atoms with Crippen molar-refractivity contribution in [3.63, 3.8) is 0 Å². The number of amides is 1. The minimum atomic E-state index is 0.174. The molecule has 0 spiro atoms. The summed E-state index contributed by atoms with van der Waals surface area (Å²) in [6, 6.07) is 8.58. The molecule has 3 rings (SSSR count).